The van der Waals surface area contributed by atoms with E-state index in [9.17, 15) is 8.42 Å². The molecule has 1 rings (SSSR count). The molecule has 5 heteroatoms. The number of nitrogens with two attached hydrogens (primary N) is 1. The highest BCUT2D eigenvalue weighted by Crippen LogP contribution is 2.08. The number of nitrogen functional groups attached to an aromatic ring is 1. The summed E-state index contributed by atoms with van der Waals surface area (Å²) in [5, 5.41) is 0. The van der Waals surface area contributed by atoms with E-state index in [-0.39, 0.29) is 5.75 Å². The summed E-state index contributed by atoms with van der Waals surface area (Å²) in [5.74, 6) is -0.0108. The Balaban J connectivity index is 2.51. The Labute approximate surface area is 103 Å². The van der Waals surface area contributed by atoms with E-state index in [1.165, 1.54) is 0 Å². The summed E-state index contributed by atoms with van der Waals surface area (Å²) in [4.78, 5) is 0. The fraction of sp³-hybridized carbons (Fsp3) is 0.333. The predicted molar refractivity (Wildman–Crippen MR) is 70.9 cm³/mol. The van der Waals surface area contributed by atoms with Crippen molar-refractivity contribution in [3.63, 3.8) is 0 Å². The van der Waals surface area contributed by atoms with Crippen LogP contribution >= 0.6 is 0 Å². The Hall–Kier alpha value is -1.33. The quantitative estimate of drug-likeness (QED) is 0.460. The van der Waals surface area contributed by atoms with Gasteiger partial charge in [0.1, 0.15) is 0 Å². The number of benzene rings is 1. The molecule has 0 heterocycles. The molecule has 0 radical (unpaired) electrons. The monoisotopic (exact) mass is 254 g/mol. The second-order valence-corrected chi connectivity index (χ2v) is 5.56. The van der Waals surface area contributed by atoms with Gasteiger partial charge in [0.05, 0.1) is 5.75 Å². The van der Waals surface area contributed by atoms with E-state index in [1.807, 2.05) is 19.1 Å². The third kappa shape index (κ3) is 5.51. The molecule has 0 amide bonds. The summed E-state index contributed by atoms with van der Waals surface area (Å²) >= 11 is 0. The molecule has 17 heavy (non-hydrogen) atoms. The molecule has 4 nitrogen and oxygen atoms in total. The topological polar surface area (TPSA) is 72.2 Å². The lowest BCUT2D eigenvalue weighted by Gasteiger charge is -2.05. The van der Waals surface area contributed by atoms with E-state index in [1.54, 1.807) is 24.3 Å². The summed E-state index contributed by atoms with van der Waals surface area (Å²) in [7, 11) is -3.25. The molecule has 0 atom stereocenters. The van der Waals surface area contributed by atoms with Gasteiger partial charge in [-0.25, -0.2) is 13.1 Å². The van der Waals surface area contributed by atoms with Crippen molar-refractivity contribution in [3.8, 4) is 0 Å². The van der Waals surface area contributed by atoms with Crippen molar-refractivity contribution in [2.45, 2.75) is 19.1 Å². The fourth-order valence-corrected chi connectivity index (χ4v) is 2.51. The van der Waals surface area contributed by atoms with Crippen molar-refractivity contribution in [3.05, 3.63) is 42.0 Å². The van der Waals surface area contributed by atoms with Crippen LogP contribution in [0.4, 0.5) is 5.69 Å². The summed E-state index contributed by atoms with van der Waals surface area (Å²) < 4.78 is 25.9. The second-order valence-electron chi connectivity index (χ2n) is 3.75. The molecular weight excluding hydrogens is 236 g/mol. The molecule has 0 saturated heterocycles. The van der Waals surface area contributed by atoms with Crippen molar-refractivity contribution in [1.82, 2.24) is 4.72 Å². The first-order chi connectivity index (χ1) is 8.03. The first kappa shape index (κ1) is 13.7. The van der Waals surface area contributed by atoms with Crippen LogP contribution in [0.15, 0.2) is 36.4 Å². The molecule has 3 N–H and O–H groups in total. The molecule has 0 spiro atoms. The van der Waals surface area contributed by atoms with Crippen LogP contribution in [0.5, 0.6) is 0 Å². The van der Waals surface area contributed by atoms with Gasteiger partial charge in [-0.15, -0.1) is 0 Å². The average molecular weight is 254 g/mol. The van der Waals surface area contributed by atoms with Crippen molar-refractivity contribution < 1.29 is 8.42 Å². The van der Waals surface area contributed by atoms with Gasteiger partial charge in [-0.1, -0.05) is 24.3 Å². The third-order valence-electron chi connectivity index (χ3n) is 2.21. The van der Waals surface area contributed by atoms with E-state index in [2.05, 4.69) is 4.72 Å². The van der Waals surface area contributed by atoms with Crippen molar-refractivity contribution in [2.24, 2.45) is 0 Å². The zero-order chi connectivity index (χ0) is 12.7. The minimum atomic E-state index is -3.25. The summed E-state index contributed by atoms with van der Waals surface area (Å²) in [6.07, 6.45) is 4.53. The van der Waals surface area contributed by atoms with E-state index in [0.29, 0.717) is 18.7 Å². The Morgan fingerprint density at radius 1 is 1.29 bits per heavy atom. The molecule has 0 unspecified atom stereocenters. The summed E-state index contributed by atoms with van der Waals surface area (Å²) in [6.45, 7) is 2.34. The maximum absolute atomic E-state index is 11.7. The lowest BCUT2D eigenvalue weighted by Crippen LogP contribution is -2.25. The molecular formula is C12H18N2O2S. The molecule has 94 valence electrons. The van der Waals surface area contributed by atoms with Crippen LogP contribution in [0.2, 0.25) is 0 Å². The molecule has 0 aromatic heterocycles. The molecule has 0 saturated carbocycles. The maximum atomic E-state index is 11.7. The van der Waals surface area contributed by atoms with Gasteiger partial charge in [0.25, 0.3) is 0 Å². The molecule has 0 aliphatic rings. The van der Waals surface area contributed by atoms with Crippen molar-refractivity contribution >= 4 is 15.7 Å². The summed E-state index contributed by atoms with van der Waals surface area (Å²) in [5.41, 5.74) is 6.90. The van der Waals surface area contributed by atoms with E-state index >= 15 is 0 Å². The molecule has 1 aromatic carbocycles. The minimum Gasteiger partial charge on any atom is -0.399 e. The first-order valence-electron chi connectivity index (χ1n) is 5.46. The van der Waals surface area contributed by atoms with Gasteiger partial charge in [-0.3, -0.25) is 0 Å². The van der Waals surface area contributed by atoms with E-state index in [4.69, 9.17) is 5.73 Å². The molecule has 0 aliphatic heterocycles. The first-order valence-corrected chi connectivity index (χ1v) is 7.11. The van der Waals surface area contributed by atoms with Crippen LogP contribution in [0, 0.1) is 0 Å². The molecule has 0 fully saturated rings. The van der Waals surface area contributed by atoms with E-state index < -0.39 is 10.0 Å². The van der Waals surface area contributed by atoms with Crippen molar-refractivity contribution in [2.75, 3.05) is 12.3 Å². The van der Waals surface area contributed by atoms with E-state index in [0.717, 1.165) is 5.56 Å². The van der Waals surface area contributed by atoms with Crippen LogP contribution in [0.25, 0.3) is 0 Å². The zero-order valence-electron chi connectivity index (χ0n) is 9.89. The Morgan fingerprint density at radius 2 is 1.94 bits per heavy atom. The maximum Gasteiger partial charge on any atom is 0.215 e. The number of hydrogen-bond donors (Lipinski definition) is 2. The molecule has 0 aliphatic carbocycles. The van der Waals surface area contributed by atoms with Crippen LogP contribution < -0.4 is 10.5 Å². The SMILES string of the molecule is C/C=C/CCNS(=O)(=O)Cc1ccc(N)cc1. The van der Waals surface area contributed by atoms with Crippen molar-refractivity contribution in [1.29, 1.82) is 0 Å². The van der Waals surface area contributed by atoms with Gasteiger partial charge in [-0.2, -0.15) is 0 Å². The standard InChI is InChI=1S/C12H18N2O2S/c1-2-3-4-9-14-17(15,16)10-11-5-7-12(13)8-6-11/h2-3,5-8,14H,4,9-10,13H2,1H3/b3-2+. The average Bonchev–Trinajstić information content (AvgIpc) is 2.27. The number of nitrogens with one attached hydrogen (secondary N) is 1. The van der Waals surface area contributed by atoms with Crippen LogP contribution in [-0.4, -0.2) is 15.0 Å². The largest absolute Gasteiger partial charge is 0.399 e. The minimum absolute atomic E-state index is 0.0108. The fourth-order valence-electron chi connectivity index (χ4n) is 1.35. The Morgan fingerprint density at radius 3 is 2.53 bits per heavy atom. The molecule has 1 aromatic rings. The highest BCUT2D eigenvalue weighted by atomic mass is 32.2. The van der Waals surface area contributed by atoms with Gasteiger partial charge >= 0.3 is 0 Å². The third-order valence-corrected chi connectivity index (χ3v) is 3.56. The zero-order valence-corrected chi connectivity index (χ0v) is 10.7. The van der Waals surface area contributed by atoms with Crippen LogP contribution in [0.1, 0.15) is 18.9 Å². The van der Waals surface area contributed by atoms with Gasteiger partial charge in [-0.05, 0) is 31.0 Å². The van der Waals surface area contributed by atoms with Crippen LogP contribution in [0.3, 0.4) is 0 Å². The van der Waals surface area contributed by atoms with Gasteiger partial charge < -0.3 is 5.73 Å². The van der Waals surface area contributed by atoms with Gasteiger partial charge in [0.15, 0.2) is 0 Å². The van der Waals surface area contributed by atoms with Gasteiger partial charge in [0, 0.05) is 12.2 Å². The number of allylic oxidation sites excluding steroid dienone is 1. The lowest BCUT2D eigenvalue weighted by molar-refractivity contribution is 0.581. The number of hydrogen-bond acceptors (Lipinski definition) is 3. The number of sulfonamides is 1. The van der Waals surface area contributed by atoms with Crippen LogP contribution in [-0.2, 0) is 15.8 Å². The number of anilines is 1. The Bertz CT molecular complexity index is 464. The lowest BCUT2D eigenvalue weighted by atomic mass is 10.2. The highest BCUT2D eigenvalue weighted by Gasteiger charge is 2.09. The predicted octanol–water partition coefficient (Wildman–Crippen LogP) is 1.65. The van der Waals surface area contributed by atoms with Gasteiger partial charge in [0.2, 0.25) is 10.0 Å². The second kappa shape index (κ2) is 6.42. The Kier molecular flexibility index (Phi) is 5.18. The summed E-state index contributed by atoms with van der Waals surface area (Å²) in [6, 6.07) is 6.84. The number of rotatable bonds is 6. The smallest absolute Gasteiger partial charge is 0.215 e. The normalized spacial score (nSPS) is 12.1. The highest BCUT2D eigenvalue weighted by molar-refractivity contribution is 7.88. The molecule has 0 bridgehead atoms.